The highest BCUT2D eigenvalue weighted by Gasteiger charge is 2.16. The van der Waals surface area contributed by atoms with Gasteiger partial charge in [0.25, 0.3) is 5.91 Å². The van der Waals surface area contributed by atoms with Crippen molar-refractivity contribution in [3.05, 3.63) is 34.3 Å². The second-order valence-corrected chi connectivity index (χ2v) is 4.98. The number of halogens is 1. The molecule has 0 saturated heterocycles. The topological polar surface area (TPSA) is 66.4 Å². The molecule has 1 aromatic rings. The van der Waals surface area contributed by atoms with Gasteiger partial charge >= 0.3 is 5.97 Å². The number of aliphatic carboxylic acids is 1. The van der Waals surface area contributed by atoms with E-state index in [0.29, 0.717) is 12.0 Å². The molecule has 0 fully saturated rings. The zero-order chi connectivity index (χ0) is 13.5. The first kappa shape index (κ1) is 14.7. The minimum atomic E-state index is -0.900. The highest BCUT2D eigenvalue weighted by molar-refractivity contribution is 9.10. The van der Waals surface area contributed by atoms with Crippen LogP contribution in [0.25, 0.3) is 0 Å². The Bertz CT molecular complexity index is 434. The van der Waals surface area contributed by atoms with Crippen LogP contribution in [0, 0.1) is 0 Å². The molecule has 0 aromatic heterocycles. The highest BCUT2D eigenvalue weighted by Crippen LogP contribution is 2.12. The van der Waals surface area contributed by atoms with E-state index >= 15 is 0 Å². The Morgan fingerprint density at radius 2 is 2.17 bits per heavy atom. The van der Waals surface area contributed by atoms with Crippen LogP contribution < -0.4 is 5.32 Å². The number of rotatable bonds is 6. The summed E-state index contributed by atoms with van der Waals surface area (Å²) in [6.07, 6.45) is 1.44. The zero-order valence-electron chi connectivity index (χ0n) is 10.1. The summed E-state index contributed by atoms with van der Waals surface area (Å²) in [4.78, 5) is 22.6. The fourth-order valence-electron chi connectivity index (χ4n) is 1.68. The number of amides is 1. The zero-order valence-corrected chi connectivity index (χ0v) is 11.7. The SMILES string of the molecule is CCCC(CC(=O)O)NC(=O)c1cccc(Br)c1. The van der Waals surface area contributed by atoms with E-state index < -0.39 is 5.97 Å². The van der Waals surface area contributed by atoms with Crippen LogP contribution in [-0.4, -0.2) is 23.0 Å². The Hall–Kier alpha value is -1.36. The van der Waals surface area contributed by atoms with Crippen LogP contribution in [0.15, 0.2) is 28.7 Å². The minimum Gasteiger partial charge on any atom is -0.481 e. The summed E-state index contributed by atoms with van der Waals surface area (Å²) in [7, 11) is 0. The summed E-state index contributed by atoms with van der Waals surface area (Å²) in [6.45, 7) is 1.96. The Balaban J connectivity index is 2.68. The van der Waals surface area contributed by atoms with Gasteiger partial charge in [-0.15, -0.1) is 0 Å². The van der Waals surface area contributed by atoms with Crippen LogP contribution in [0.2, 0.25) is 0 Å². The monoisotopic (exact) mass is 313 g/mol. The molecule has 0 spiro atoms. The van der Waals surface area contributed by atoms with Gasteiger partial charge in [0.15, 0.2) is 0 Å². The van der Waals surface area contributed by atoms with Crippen LogP contribution in [-0.2, 0) is 4.79 Å². The summed E-state index contributed by atoms with van der Waals surface area (Å²) in [5.74, 6) is -1.14. The molecule has 2 N–H and O–H groups in total. The largest absolute Gasteiger partial charge is 0.481 e. The number of carboxylic acid groups (broad SMARTS) is 1. The maximum Gasteiger partial charge on any atom is 0.305 e. The molecule has 0 heterocycles. The standard InChI is InChI=1S/C13H16BrNO3/c1-2-4-11(8-12(16)17)15-13(18)9-5-3-6-10(14)7-9/h3,5-7,11H,2,4,8H2,1H3,(H,15,18)(H,16,17). The van der Waals surface area contributed by atoms with E-state index in [0.717, 1.165) is 10.9 Å². The molecule has 0 aliphatic heterocycles. The maximum absolute atomic E-state index is 11.9. The Morgan fingerprint density at radius 3 is 2.72 bits per heavy atom. The second-order valence-electron chi connectivity index (χ2n) is 4.07. The van der Waals surface area contributed by atoms with Crippen molar-refractivity contribution in [2.24, 2.45) is 0 Å². The van der Waals surface area contributed by atoms with E-state index in [1.54, 1.807) is 18.2 Å². The van der Waals surface area contributed by atoms with Gasteiger partial charge in [0, 0.05) is 16.1 Å². The molecule has 18 heavy (non-hydrogen) atoms. The number of nitrogens with one attached hydrogen (secondary N) is 1. The Kier molecular flexibility index (Phi) is 5.85. The third-order valence-electron chi connectivity index (χ3n) is 2.48. The summed E-state index contributed by atoms with van der Waals surface area (Å²) >= 11 is 3.29. The predicted octanol–water partition coefficient (Wildman–Crippen LogP) is 2.82. The number of hydrogen-bond donors (Lipinski definition) is 2. The predicted molar refractivity (Wildman–Crippen MR) is 72.6 cm³/mol. The Morgan fingerprint density at radius 1 is 1.44 bits per heavy atom. The van der Waals surface area contributed by atoms with E-state index in [9.17, 15) is 9.59 Å². The molecule has 0 bridgehead atoms. The molecule has 0 saturated carbocycles. The summed E-state index contributed by atoms with van der Waals surface area (Å²) < 4.78 is 0.820. The van der Waals surface area contributed by atoms with Gasteiger partial charge in [0.2, 0.25) is 0 Å². The molecule has 4 nitrogen and oxygen atoms in total. The number of carboxylic acids is 1. The van der Waals surface area contributed by atoms with E-state index in [1.165, 1.54) is 0 Å². The van der Waals surface area contributed by atoms with Gasteiger partial charge in [-0.2, -0.15) is 0 Å². The molecule has 5 heteroatoms. The fourth-order valence-corrected chi connectivity index (χ4v) is 2.08. The molecule has 0 aliphatic carbocycles. The first-order chi connectivity index (χ1) is 8.52. The molecule has 1 amide bonds. The quantitative estimate of drug-likeness (QED) is 0.848. The first-order valence-corrected chi connectivity index (χ1v) is 6.60. The summed E-state index contributed by atoms with van der Waals surface area (Å²) in [6, 6.07) is 6.69. The average Bonchev–Trinajstić information content (AvgIpc) is 2.28. The second kappa shape index (κ2) is 7.16. The van der Waals surface area contributed by atoms with Crippen molar-refractivity contribution >= 4 is 27.8 Å². The van der Waals surface area contributed by atoms with Gasteiger partial charge < -0.3 is 10.4 Å². The van der Waals surface area contributed by atoms with Gasteiger partial charge in [-0.25, -0.2) is 0 Å². The van der Waals surface area contributed by atoms with E-state index in [-0.39, 0.29) is 18.4 Å². The lowest BCUT2D eigenvalue weighted by molar-refractivity contribution is -0.137. The van der Waals surface area contributed by atoms with Crippen molar-refractivity contribution in [1.82, 2.24) is 5.32 Å². The van der Waals surface area contributed by atoms with Gasteiger partial charge in [-0.05, 0) is 24.6 Å². The van der Waals surface area contributed by atoms with Crippen LogP contribution in [0.4, 0.5) is 0 Å². The molecule has 0 aliphatic rings. The van der Waals surface area contributed by atoms with Crippen molar-refractivity contribution in [2.45, 2.75) is 32.2 Å². The Labute approximate surface area is 115 Å². The van der Waals surface area contributed by atoms with Crippen LogP contribution in [0.5, 0.6) is 0 Å². The lowest BCUT2D eigenvalue weighted by Crippen LogP contribution is -2.36. The van der Waals surface area contributed by atoms with Gasteiger partial charge in [0.05, 0.1) is 6.42 Å². The van der Waals surface area contributed by atoms with E-state index in [2.05, 4.69) is 21.2 Å². The van der Waals surface area contributed by atoms with E-state index in [1.807, 2.05) is 13.0 Å². The van der Waals surface area contributed by atoms with Gasteiger partial charge in [0.1, 0.15) is 0 Å². The molecule has 1 atom stereocenters. The van der Waals surface area contributed by atoms with Crippen LogP contribution in [0.3, 0.4) is 0 Å². The molecule has 1 aromatic carbocycles. The number of benzene rings is 1. The smallest absolute Gasteiger partial charge is 0.305 e. The van der Waals surface area contributed by atoms with Crippen molar-refractivity contribution in [3.8, 4) is 0 Å². The lowest BCUT2D eigenvalue weighted by Gasteiger charge is -2.16. The molecule has 98 valence electrons. The van der Waals surface area contributed by atoms with Crippen molar-refractivity contribution in [2.75, 3.05) is 0 Å². The molecule has 1 rings (SSSR count). The number of carbonyl (C=O) groups excluding carboxylic acids is 1. The average molecular weight is 314 g/mol. The summed E-state index contributed by atoms with van der Waals surface area (Å²) in [5, 5.41) is 11.5. The van der Waals surface area contributed by atoms with Gasteiger partial charge in [-0.3, -0.25) is 9.59 Å². The third kappa shape index (κ3) is 4.87. The van der Waals surface area contributed by atoms with Crippen molar-refractivity contribution < 1.29 is 14.7 Å². The van der Waals surface area contributed by atoms with Crippen molar-refractivity contribution in [1.29, 1.82) is 0 Å². The lowest BCUT2D eigenvalue weighted by atomic mass is 10.1. The fraction of sp³-hybridized carbons (Fsp3) is 0.385. The van der Waals surface area contributed by atoms with Crippen LogP contribution in [0.1, 0.15) is 36.5 Å². The maximum atomic E-state index is 11.9. The molecule has 1 unspecified atom stereocenters. The summed E-state index contributed by atoms with van der Waals surface area (Å²) in [5.41, 5.74) is 0.524. The van der Waals surface area contributed by atoms with Crippen molar-refractivity contribution in [3.63, 3.8) is 0 Å². The first-order valence-electron chi connectivity index (χ1n) is 5.81. The molecule has 0 radical (unpaired) electrons. The molecular formula is C13H16BrNO3. The van der Waals surface area contributed by atoms with E-state index in [4.69, 9.17) is 5.11 Å². The number of hydrogen-bond acceptors (Lipinski definition) is 2. The number of carbonyl (C=O) groups is 2. The normalized spacial score (nSPS) is 11.9. The highest BCUT2D eigenvalue weighted by atomic mass is 79.9. The van der Waals surface area contributed by atoms with Crippen LogP contribution >= 0.6 is 15.9 Å². The van der Waals surface area contributed by atoms with Gasteiger partial charge in [-0.1, -0.05) is 35.3 Å². The third-order valence-corrected chi connectivity index (χ3v) is 2.97. The minimum absolute atomic E-state index is 0.0480. The molecular weight excluding hydrogens is 298 g/mol.